The van der Waals surface area contributed by atoms with E-state index < -0.39 is 23.8 Å². The summed E-state index contributed by atoms with van der Waals surface area (Å²) in [6.45, 7) is 4.63. The molecule has 0 aliphatic heterocycles. The Morgan fingerprint density at radius 2 is 1.05 bits per heavy atom. The van der Waals surface area contributed by atoms with Crippen molar-refractivity contribution in [2.24, 2.45) is 0 Å². The van der Waals surface area contributed by atoms with Crippen molar-refractivity contribution in [2.75, 3.05) is 23.8 Å². The van der Waals surface area contributed by atoms with Crippen molar-refractivity contribution in [3.05, 3.63) is 59.7 Å². The van der Waals surface area contributed by atoms with Crippen LogP contribution in [0.15, 0.2) is 48.5 Å². The lowest BCUT2D eigenvalue weighted by atomic mass is 10.1. The first kappa shape index (κ1) is 29.2. The number of ether oxygens (including phenoxy) is 2. The summed E-state index contributed by atoms with van der Waals surface area (Å²) in [7, 11) is 0. The van der Waals surface area contributed by atoms with Crippen LogP contribution in [0.3, 0.4) is 0 Å². The second kappa shape index (κ2) is 14.0. The smallest absolute Gasteiger partial charge is 0.341 e. The summed E-state index contributed by atoms with van der Waals surface area (Å²) in [4.78, 5) is 51.4. The number of esters is 2. The Balaban J connectivity index is 1.43. The predicted molar refractivity (Wildman–Crippen MR) is 161 cm³/mol. The molecule has 8 nitrogen and oxygen atoms in total. The lowest BCUT2D eigenvalue weighted by molar-refractivity contribution is -0.121. The second-order valence-electron chi connectivity index (χ2n) is 9.18. The van der Waals surface area contributed by atoms with Crippen molar-refractivity contribution < 1.29 is 28.7 Å². The molecule has 4 aromatic rings. The Morgan fingerprint density at radius 1 is 0.650 bits per heavy atom. The van der Waals surface area contributed by atoms with Crippen molar-refractivity contribution >= 4 is 76.6 Å². The minimum atomic E-state index is -0.484. The van der Waals surface area contributed by atoms with Gasteiger partial charge in [-0.3, -0.25) is 9.59 Å². The molecule has 2 amide bonds. The second-order valence-corrected chi connectivity index (χ2v) is 11.3. The van der Waals surface area contributed by atoms with Gasteiger partial charge in [-0.25, -0.2) is 9.59 Å². The maximum absolute atomic E-state index is 12.8. The van der Waals surface area contributed by atoms with E-state index in [-0.39, 0.29) is 12.8 Å². The Kier molecular flexibility index (Phi) is 10.3. The first-order chi connectivity index (χ1) is 19.4. The van der Waals surface area contributed by atoms with Gasteiger partial charge in [0.2, 0.25) is 11.8 Å². The number of anilines is 2. The number of unbranched alkanes of at least 4 members (excludes halogenated alkanes) is 2. The van der Waals surface area contributed by atoms with Gasteiger partial charge in [0.05, 0.1) is 13.2 Å². The third-order valence-corrected chi connectivity index (χ3v) is 8.32. The molecule has 0 aliphatic rings. The molecule has 2 heterocycles. The molecular weight excluding hydrogens is 548 g/mol. The number of nitrogens with one attached hydrogen (secondary N) is 2. The molecule has 2 aromatic carbocycles. The topological polar surface area (TPSA) is 111 Å². The first-order valence-electron chi connectivity index (χ1n) is 13.4. The summed E-state index contributed by atoms with van der Waals surface area (Å²) in [5.74, 6) is -1.77. The molecule has 2 aromatic heterocycles. The molecular formula is C30H32N2O6S2. The highest BCUT2D eigenvalue weighted by atomic mass is 32.1. The minimum absolute atomic E-state index is 0.106. The fourth-order valence-electron chi connectivity index (χ4n) is 4.04. The molecule has 0 radical (unpaired) electrons. The zero-order valence-corrected chi connectivity index (χ0v) is 24.2. The third kappa shape index (κ3) is 7.05. The highest BCUT2D eigenvalue weighted by molar-refractivity contribution is 7.24. The number of rotatable bonds is 13. The van der Waals surface area contributed by atoms with Crippen LogP contribution in [-0.4, -0.2) is 37.0 Å². The van der Waals surface area contributed by atoms with E-state index in [0.717, 1.165) is 35.1 Å². The molecule has 0 saturated heterocycles. The van der Waals surface area contributed by atoms with Crippen LogP contribution in [0.5, 0.6) is 0 Å². The summed E-state index contributed by atoms with van der Waals surface area (Å²) < 4.78 is 12.5. The molecule has 0 bridgehead atoms. The highest BCUT2D eigenvalue weighted by Gasteiger charge is 2.24. The quantitative estimate of drug-likeness (QED) is 0.126. The zero-order valence-electron chi connectivity index (χ0n) is 22.5. The Hall–Kier alpha value is -3.76. The Labute approximate surface area is 240 Å². The van der Waals surface area contributed by atoms with E-state index in [1.165, 1.54) is 22.7 Å². The number of carbonyl (C=O) groups is 4. The van der Waals surface area contributed by atoms with Crippen molar-refractivity contribution in [3.8, 4) is 0 Å². The maximum Gasteiger partial charge on any atom is 0.341 e. The van der Waals surface area contributed by atoms with Crippen LogP contribution in [0.1, 0.15) is 73.1 Å². The molecule has 0 spiro atoms. The largest absolute Gasteiger partial charge is 0.462 e. The predicted octanol–water partition coefficient (Wildman–Crippen LogP) is 7.39. The van der Waals surface area contributed by atoms with Gasteiger partial charge in [0.1, 0.15) is 21.1 Å². The van der Waals surface area contributed by atoms with Crippen LogP contribution in [-0.2, 0) is 19.1 Å². The van der Waals surface area contributed by atoms with Crippen LogP contribution >= 0.6 is 22.7 Å². The SMILES string of the molecule is CCCCOC(=O)c1c(NC(=O)CCC(=O)Nc2sc3ccccc3c2C(=O)OCCCC)sc2ccccc12. The van der Waals surface area contributed by atoms with Gasteiger partial charge in [0.15, 0.2) is 0 Å². The molecule has 0 saturated carbocycles. The number of fused-ring (bicyclic) bond motifs is 2. The summed E-state index contributed by atoms with van der Waals surface area (Å²) in [5, 5.41) is 7.82. The lowest BCUT2D eigenvalue weighted by Gasteiger charge is -2.09. The summed E-state index contributed by atoms with van der Waals surface area (Å²) in [6.07, 6.45) is 3.08. The van der Waals surface area contributed by atoms with E-state index >= 15 is 0 Å². The Bertz CT molecular complexity index is 1410. The van der Waals surface area contributed by atoms with Gasteiger partial charge in [-0.1, -0.05) is 63.1 Å². The average molecular weight is 581 g/mol. The van der Waals surface area contributed by atoms with Crippen molar-refractivity contribution in [1.82, 2.24) is 0 Å². The first-order valence-corrected chi connectivity index (χ1v) is 15.0. The summed E-state index contributed by atoms with van der Waals surface area (Å²) in [6, 6.07) is 14.8. The van der Waals surface area contributed by atoms with Crippen LogP contribution in [0.4, 0.5) is 10.0 Å². The number of hydrogen-bond acceptors (Lipinski definition) is 8. The zero-order chi connectivity index (χ0) is 28.5. The number of thiophene rings is 2. The van der Waals surface area contributed by atoms with Crippen LogP contribution in [0, 0.1) is 0 Å². The molecule has 0 atom stereocenters. The lowest BCUT2D eigenvalue weighted by Crippen LogP contribution is -2.19. The number of hydrogen-bond donors (Lipinski definition) is 2. The van der Waals surface area contributed by atoms with Crippen molar-refractivity contribution in [1.29, 1.82) is 0 Å². The Morgan fingerprint density at radius 3 is 1.45 bits per heavy atom. The summed E-state index contributed by atoms with van der Waals surface area (Å²) >= 11 is 2.58. The van der Waals surface area contributed by atoms with Crippen molar-refractivity contribution in [3.63, 3.8) is 0 Å². The van der Waals surface area contributed by atoms with Crippen LogP contribution in [0.2, 0.25) is 0 Å². The van der Waals surface area contributed by atoms with Gasteiger partial charge in [-0.2, -0.15) is 0 Å². The monoisotopic (exact) mass is 580 g/mol. The van der Waals surface area contributed by atoms with E-state index in [9.17, 15) is 19.2 Å². The fraction of sp³-hybridized carbons (Fsp3) is 0.333. The van der Waals surface area contributed by atoms with Gasteiger partial charge >= 0.3 is 11.9 Å². The van der Waals surface area contributed by atoms with Gasteiger partial charge in [0, 0.05) is 33.0 Å². The highest BCUT2D eigenvalue weighted by Crippen LogP contribution is 2.37. The molecule has 210 valence electrons. The van der Waals surface area contributed by atoms with Crippen LogP contribution in [0.25, 0.3) is 20.2 Å². The molecule has 2 N–H and O–H groups in total. The molecule has 40 heavy (non-hydrogen) atoms. The van der Waals surface area contributed by atoms with Gasteiger partial charge in [-0.15, -0.1) is 22.7 Å². The van der Waals surface area contributed by atoms with E-state index in [4.69, 9.17) is 9.47 Å². The van der Waals surface area contributed by atoms with Gasteiger partial charge < -0.3 is 20.1 Å². The molecule has 0 fully saturated rings. The minimum Gasteiger partial charge on any atom is -0.462 e. The third-order valence-electron chi connectivity index (χ3n) is 6.15. The van der Waals surface area contributed by atoms with E-state index in [0.29, 0.717) is 45.1 Å². The standard InChI is InChI=1S/C30H32N2O6S2/c1-3-5-17-37-29(35)25-19-11-7-9-13-21(19)39-27(25)31-23(33)15-16-24(34)32-28-26(30(36)38-18-6-4-2)20-12-8-10-14-22(20)40-28/h7-14H,3-6,15-18H2,1-2H3,(H,31,33)(H,32,34). The van der Waals surface area contributed by atoms with Gasteiger partial charge in [-0.05, 0) is 25.0 Å². The molecule has 0 unspecified atom stereocenters. The molecule has 4 rings (SSSR count). The number of amides is 2. The maximum atomic E-state index is 12.8. The number of carbonyl (C=O) groups excluding carboxylic acids is 4. The van der Waals surface area contributed by atoms with Gasteiger partial charge in [0.25, 0.3) is 0 Å². The van der Waals surface area contributed by atoms with E-state index in [1.807, 2.05) is 62.4 Å². The molecule has 10 heteroatoms. The van der Waals surface area contributed by atoms with Crippen molar-refractivity contribution in [2.45, 2.75) is 52.4 Å². The average Bonchev–Trinajstić information content (AvgIpc) is 3.49. The number of benzene rings is 2. The van der Waals surface area contributed by atoms with E-state index in [1.54, 1.807) is 0 Å². The normalized spacial score (nSPS) is 10.9. The molecule has 0 aliphatic carbocycles. The van der Waals surface area contributed by atoms with Crippen LogP contribution < -0.4 is 10.6 Å². The van der Waals surface area contributed by atoms with E-state index in [2.05, 4.69) is 10.6 Å². The summed E-state index contributed by atoms with van der Waals surface area (Å²) in [5.41, 5.74) is 0.650. The fourth-order valence-corrected chi connectivity index (χ4v) is 6.25.